The molecule has 6 nitrogen and oxygen atoms in total. The predicted molar refractivity (Wildman–Crippen MR) is 106 cm³/mol. The van der Waals surface area contributed by atoms with E-state index >= 15 is 0 Å². The van der Waals surface area contributed by atoms with Gasteiger partial charge in [-0.05, 0) is 23.8 Å². The molecular formula is C21H26N4O2. The number of methoxy groups -OCH3 is 1. The van der Waals surface area contributed by atoms with Crippen molar-refractivity contribution in [2.45, 2.75) is 45.7 Å². The van der Waals surface area contributed by atoms with Gasteiger partial charge < -0.3 is 14.7 Å². The fraction of sp³-hybridized carbons (Fsp3) is 0.429. The zero-order valence-electron chi connectivity index (χ0n) is 16.3. The Morgan fingerprint density at radius 2 is 2.11 bits per heavy atom. The van der Waals surface area contributed by atoms with Crippen molar-refractivity contribution < 1.29 is 4.74 Å². The van der Waals surface area contributed by atoms with E-state index in [9.17, 15) is 4.79 Å². The molecule has 2 aromatic heterocycles. The monoisotopic (exact) mass is 366 g/mol. The second-order valence-electron chi connectivity index (χ2n) is 8.28. The number of hydrogen-bond donors (Lipinski definition) is 2. The minimum atomic E-state index is -0.158. The van der Waals surface area contributed by atoms with E-state index in [2.05, 4.69) is 41.7 Å². The molecule has 0 amide bonds. The summed E-state index contributed by atoms with van der Waals surface area (Å²) in [6.45, 7) is 8.50. The molecule has 0 saturated heterocycles. The normalized spacial score (nSPS) is 15.1. The lowest BCUT2D eigenvalue weighted by molar-refractivity contribution is 0.241. The summed E-state index contributed by atoms with van der Waals surface area (Å²) in [5, 5.41) is 1.16. The molecule has 0 spiro atoms. The van der Waals surface area contributed by atoms with Gasteiger partial charge in [0.2, 0.25) is 0 Å². The third-order valence-corrected chi connectivity index (χ3v) is 5.23. The van der Waals surface area contributed by atoms with E-state index in [0.29, 0.717) is 6.54 Å². The molecule has 2 N–H and O–H groups in total. The van der Waals surface area contributed by atoms with Gasteiger partial charge in [-0.2, -0.15) is 0 Å². The molecule has 0 radical (unpaired) electrons. The molecule has 6 heteroatoms. The maximum atomic E-state index is 12.6. The van der Waals surface area contributed by atoms with E-state index in [0.717, 1.165) is 53.2 Å². The summed E-state index contributed by atoms with van der Waals surface area (Å²) in [5.41, 5.74) is 3.89. The topological polar surface area (TPSA) is 74.0 Å². The first kappa shape index (κ1) is 17.8. The molecule has 4 rings (SSSR count). The number of benzene rings is 1. The van der Waals surface area contributed by atoms with Crippen LogP contribution in [-0.2, 0) is 24.9 Å². The third kappa shape index (κ3) is 3.37. The van der Waals surface area contributed by atoms with E-state index in [-0.39, 0.29) is 11.0 Å². The van der Waals surface area contributed by atoms with Crippen molar-refractivity contribution in [1.29, 1.82) is 0 Å². The van der Waals surface area contributed by atoms with Gasteiger partial charge >= 0.3 is 0 Å². The summed E-state index contributed by atoms with van der Waals surface area (Å²) in [6.07, 6.45) is 2.85. The third-order valence-electron chi connectivity index (χ3n) is 5.23. The number of nitrogens with one attached hydrogen (secondary N) is 2. The van der Waals surface area contributed by atoms with Crippen molar-refractivity contribution in [3.05, 3.63) is 57.4 Å². The molecule has 0 saturated carbocycles. The summed E-state index contributed by atoms with van der Waals surface area (Å²) in [4.78, 5) is 26.0. The van der Waals surface area contributed by atoms with Crippen molar-refractivity contribution >= 4 is 10.9 Å². The Hall–Kier alpha value is -2.60. The summed E-state index contributed by atoms with van der Waals surface area (Å²) >= 11 is 0. The number of aromatic nitrogens is 3. The Kier molecular flexibility index (Phi) is 4.30. The number of hydrogen-bond acceptors (Lipinski definition) is 4. The van der Waals surface area contributed by atoms with Gasteiger partial charge in [0.1, 0.15) is 11.6 Å². The van der Waals surface area contributed by atoms with Crippen molar-refractivity contribution in [2.24, 2.45) is 0 Å². The number of fused-ring (bicyclic) bond motifs is 2. The van der Waals surface area contributed by atoms with Crippen LogP contribution >= 0.6 is 0 Å². The molecular weight excluding hydrogens is 340 g/mol. The molecule has 0 atom stereocenters. The lowest BCUT2D eigenvalue weighted by atomic mass is 9.95. The average Bonchev–Trinajstić information content (AvgIpc) is 3.03. The first-order chi connectivity index (χ1) is 12.8. The predicted octanol–water partition coefficient (Wildman–Crippen LogP) is 3.12. The first-order valence-corrected chi connectivity index (χ1v) is 9.34. The fourth-order valence-corrected chi connectivity index (χ4v) is 3.63. The van der Waals surface area contributed by atoms with Crippen LogP contribution in [-0.4, -0.2) is 33.5 Å². The lowest BCUT2D eigenvalue weighted by Crippen LogP contribution is -2.37. The fourth-order valence-electron chi connectivity index (χ4n) is 3.63. The molecule has 142 valence electrons. The van der Waals surface area contributed by atoms with Crippen LogP contribution in [0.4, 0.5) is 0 Å². The van der Waals surface area contributed by atoms with Crippen LogP contribution in [0.1, 0.15) is 43.4 Å². The standard InChI is InChI=1S/C21H26N4O2/c1-21(2,3)20-23-18-7-8-25(12-16(18)19(26)24-20)11-13-10-22-17-6-5-14(27-4)9-15(13)17/h5-6,9-10,22H,7-8,11-12H2,1-4H3,(H,23,24,26). The van der Waals surface area contributed by atoms with Gasteiger partial charge in [0.05, 0.1) is 18.4 Å². The number of H-pyrrole nitrogens is 2. The Labute approximate surface area is 158 Å². The maximum Gasteiger partial charge on any atom is 0.255 e. The second kappa shape index (κ2) is 6.53. The van der Waals surface area contributed by atoms with Gasteiger partial charge in [-0.3, -0.25) is 9.69 Å². The molecule has 1 aliphatic heterocycles. The first-order valence-electron chi connectivity index (χ1n) is 9.34. The van der Waals surface area contributed by atoms with Crippen LogP contribution in [0.5, 0.6) is 5.75 Å². The van der Waals surface area contributed by atoms with Crippen LogP contribution in [0.3, 0.4) is 0 Å². The van der Waals surface area contributed by atoms with Gasteiger partial charge in [-0.1, -0.05) is 20.8 Å². The summed E-state index contributed by atoms with van der Waals surface area (Å²) in [7, 11) is 1.68. The van der Waals surface area contributed by atoms with Gasteiger partial charge in [-0.15, -0.1) is 0 Å². The summed E-state index contributed by atoms with van der Waals surface area (Å²) in [5.74, 6) is 1.62. The number of nitrogens with zero attached hydrogens (tertiary/aromatic N) is 2. The molecule has 0 fully saturated rings. The Bertz CT molecular complexity index is 1040. The highest BCUT2D eigenvalue weighted by Crippen LogP contribution is 2.26. The molecule has 0 bridgehead atoms. The number of ether oxygens (including phenoxy) is 1. The van der Waals surface area contributed by atoms with Gasteiger partial charge in [-0.25, -0.2) is 4.98 Å². The molecule has 0 unspecified atom stereocenters. The van der Waals surface area contributed by atoms with Crippen molar-refractivity contribution in [3.63, 3.8) is 0 Å². The average molecular weight is 366 g/mol. The Morgan fingerprint density at radius 1 is 1.30 bits per heavy atom. The zero-order valence-corrected chi connectivity index (χ0v) is 16.3. The number of rotatable bonds is 3. The van der Waals surface area contributed by atoms with E-state index < -0.39 is 0 Å². The highest BCUT2D eigenvalue weighted by atomic mass is 16.5. The van der Waals surface area contributed by atoms with Gasteiger partial charge in [0, 0.05) is 48.6 Å². The second-order valence-corrected chi connectivity index (χ2v) is 8.28. The zero-order chi connectivity index (χ0) is 19.2. The van der Waals surface area contributed by atoms with Crippen molar-refractivity contribution in [2.75, 3.05) is 13.7 Å². The minimum absolute atomic E-state index is 0.00443. The van der Waals surface area contributed by atoms with Crippen LogP contribution in [0.15, 0.2) is 29.2 Å². The van der Waals surface area contributed by atoms with Gasteiger partial charge in [0.15, 0.2) is 0 Å². The van der Waals surface area contributed by atoms with Gasteiger partial charge in [0.25, 0.3) is 5.56 Å². The van der Waals surface area contributed by atoms with E-state index in [4.69, 9.17) is 9.72 Å². The quantitative estimate of drug-likeness (QED) is 0.747. The van der Waals surface area contributed by atoms with E-state index in [1.807, 2.05) is 18.3 Å². The Balaban J connectivity index is 1.60. The van der Waals surface area contributed by atoms with Crippen LogP contribution in [0.25, 0.3) is 10.9 Å². The van der Waals surface area contributed by atoms with Crippen LogP contribution in [0.2, 0.25) is 0 Å². The molecule has 3 aromatic rings. The molecule has 1 aliphatic rings. The van der Waals surface area contributed by atoms with Crippen LogP contribution in [0, 0.1) is 0 Å². The lowest BCUT2D eigenvalue weighted by Gasteiger charge is -2.28. The Morgan fingerprint density at radius 3 is 2.85 bits per heavy atom. The number of aromatic amines is 2. The van der Waals surface area contributed by atoms with Crippen molar-refractivity contribution in [1.82, 2.24) is 19.9 Å². The smallest absolute Gasteiger partial charge is 0.255 e. The van der Waals surface area contributed by atoms with Crippen molar-refractivity contribution in [3.8, 4) is 5.75 Å². The highest BCUT2D eigenvalue weighted by Gasteiger charge is 2.25. The summed E-state index contributed by atoms with van der Waals surface area (Å²) in [6, 6.07) is 6.05. The largest absolute Gasteiger partial charge is 0.497 e. The SMILES string of the molecule is COc1ccc2[nH]cc(CN3CCc4nc(C(C)(C)C)[nH]c(=O)c4C3)c2c1. The molecule has 0 aliphatic carbocycles. The van der Waals surface area contributed by atoms with Crippen LogP contribution < -0.4 is 10.3 Å². The molecule has 3 heterocycles. The minimum Gasteiger partial charge on any atom is -0.497 e. The highest BCUT2D eigenvalue weighted by molar-refractivity contribution is 5.84. The van der Waals surface area contributed by atoms with E-state index in [1.165, 1.54) is 5.56 Å². The van der Waals surface area contributed by atoms with E-state index in [1.54, 1.807) is 7.11 Å². The molecule has 27 heavy (non-hydrogen) atoms. The molecule has 1 aromatic carbocycles. The summed E-state index contributed by atoms with van der Waals surface area (Å²) < 4.78 is 5.36. The maximum absolute atomic E-state index is 12.6.